The third kappa shape index (κ3) is 12.1. The van der Waals surface area contributed by atoms with Crippen LogP contribution in [-0.4, -0.2) is 68.5 Å². The van der Waals surface area contributed by atoms with Crippen molar-refractivity contribution in [2.24, 2.45) is 0 Å². The zero-order valence-electron chi connectivity index (χ0n) is 74.3. The van der Waals surface area contributed by atoms with E-state index in [1.165, 1.54) is 60.5 Å². The number of fused-ring (bicyclic) bond motifs is 36. The first kappa shape index (κ1) is 79.2. The van der Waals surface area contributed by atoms with E-state index in [4.69, 9.17) is 63.7 Å². The number of benzene rings is 16. The zero-order valence-corrected chi connectivity index (χ0v) is 77.6. The van der Waals surface area contributed by atoms with Crippen molar-refractivity contribution in [2.75, 3.05) is 0 Å². The van der Waals surface area contributed by atoms with Crippen LogP contribution in [0.3, 0.4) is 0 Å². The van der Waals surface area contributed by atoms with E-state index in [-0.39, 0.29) is 0 Å². The number of nitrogens with zero attached hydrogens (tertiary/aromatic N) is 14. The second kappa shape index (κ2) is 31.2. The molecular weight excluding hydrogens is 1810 g/mol. The van der Waals surface area contributed by atoms with Crippen LogP contribution in [-0.2, 0) is 0 Å². The van der Waals surface area contributed by atoms with Crippen molar-refractivity contribution in [3.63, 3.8) is 0 Å². The van der Waals surface area contributed by atoms with Gasteiger partial charge in [-0.05, 0) is 72.8 Å². The summed E-state index contributed by atoms with van der Waals surface area (Å²) in [7, 11) is 0. The highest BCUT2D eigenvalue weighted by atomic mass is 32.1. The SMILES string of the molecule is c1ccc(-c2nc(-c3ccccc3)c3c(n2)oc2c(-n4c5ccccc5c5cnc6c(ccc7c8ccccc8sc76)c54)cccc23)cc1.c1ccc(-c2nc(-c3ccccc3)c3c(n2)sc2c(-n4c5ccccc5c5cnc6c(ccc7c8ccccc8sc76)c54)ncnc23)cc1.c1ccc(-c2nc(-n3c4ccccc4c4cnc5c(ccc6c7ccccc7sc65)c43)c3oc4ccccc4c3n2)cc1. The molecule has 0 aliphatic rings. The standard InChI is InChI=1S/C43H24N4OS.C41H22N6S2.C37H20N4OS/c1-3-12-25(13-4-1)37-36-30-18-11-20-34(40(30)48-43(36)46-42(45-37)26-14-5-2-6-15-26)47-33-19-9-7-16-27(33)32-24-44-38-31(39(32)47)23-22-29-28-17-8-10-21-35(28)49-41(29)38;1-3-11-23(12-4-1)33-32-35-38(49-41(32)46-39(45-33)24-13-5-2-6-14-24)40(44-22-43-35)47-30-17-9-7-15-25(30)29-21-42-34-28(36(29)47)20-19-27-26-16-8-10-18-31(26)48-37(27)34;1-2-10-21(11-3-1)36-39-31-25-14-5-8-16-29(25)42-34(31)37(40-36)41-28-15-7-4-12-22(28)27-20-38-32-26(33(27)41)19-18-24-23-13-6-9-17-30(23)43-35(24)32/h1-24H;1-22H;1-20H. The molecule has 0 aliphatic carbocycles. The lowest BCUT2D eigenvalue weighted by molar-refractivity contribution is 0.651. The molecule has 16 heterocycles. The average Bonchev–Trinajstić information content (AvgIpc) is 1.55. The first-order valence-electron chi connectivity index (χ1n) is 46.5. The van der Waals surface area contributed by atoms with Gasteiger partial charge in [0.15, 0.2) is 40.3 Å². The van der Waals surface area contributed by atoms with Crippen molar-refractivity contribution in [1.82, 2.24) is 68.5 Å². The second-order valence-corrected chi connectivity index (χ2v) is 39.4. The van der Waals surface area contributed by atoms with E-state index in [1.54, 1.807) is 40.3 Å². The fourth-order valence-electron chi connectivity index (χ4n) is 21.3. The van der Waals surface area contributed by atoms with Gasteiger partial charge in [0, 0.05) is 152 Å². The Morgan fingerprint density at radius 2 is 0.610 bits per heavy atom. The molecule has 141 heavy (non-hydrogen) atoms. The van der Waals surface area contributed by atoms with E-state index in [1.807, 2.05) is 151 Å². The molecule has 0 aliphatic heterocycles. The third-order valence-corrected chi connectivity index (χ3v) is 32.2. The predicted octanol–water partition coefficient (Wildman–Crippen LogP) is 32.8. The van der Waals surface area contributed by atoms with E-state index in [2.05, 4.69) is 268 Å². The summed E-state index contributed by atoms with van der Waals surface area (Å²) in [6.07, 6.45) is 7.78. The molecule has 0 fully saturated rings. The first-order chi connectivity index (χ1) is 70.0. The first-order valence-corrected chi connectivity index (χ1v) is 49.8. The van der Waals surface area contributed by atoms with Crippen molar-refractivity contribution >= 4 is 269 Å². The number of para-hydroxylation sites is 5. The Bertz CT molecular complexity index is 10500. The molecule has 32 rings (SSSR count). The summed E-state index contributed by atoms with van der Waals surface area (Å²) in [6, 6.07) is 130. The molecule has 16 nitrogen and oxygen atoms in total. The maximum atomic E-state index is 6.87. The number of thiophene rings is 4. The molecule has 656 valence electrons. The van der Waals surface area contributed by atoms with Crippen LogP contribution in [0.5, 0.6) is 0 Å². The Balaban J connectivity index is 0.0000000994. The number of hydrogen-bond donors (Lipinski definition) is 0. The maximum absolute atomic E-state index is 6.87. The molecule has 0 unspecified atom stereocenters. The molecule has 32 aromatic rings. The Hall–Kier alpha value is -18.1. The summed E-state index contributed by atoms with van der Waals surface area (Å²) >= 11 is 7.03. The van der Waals surface area contributed by atoms with Crippen molar-refractivity contribution in [1.29, 1.82) is 0 Å². The van der Waals surface area contributed by atoms with Crippen LogP contribution < -0.4 is 0 Å². The fourth-order valence-corrected chi connectivity index (χ4v) is 26.0. The lowest BCUT2D eigenvalue weighted by Crippen LogP contribution is -2.02. The van der Waals surface area contributed by atoms with Gasteiger partial charge in [-0.2, -0.15) is 4.98 Å². The normalized spacial score (nSPS) is 12.1. The fraction of sp³-hybridized carbons (Fsp3) is 0. The van der Waals surface area contributed by atoms with Gasteiger partial charge in [0.2, 0.25) is 5.71 Å². The monoisotopic (exact) mass is 1870 g/mol. The number of hydrogen-bond acceptors (Lipinski definition) is 17. The van der Waals surface area contributed by atoms with E-state index in [9.17, 15) is 0 Å². The number of aromatic nitrogens is 14. The summed E-state index contributed by atoms with van der Waals surface area (Å²) < 4.78 is 28.7. The Morgan fingerprint density at radius 1 is 0.220 bits per heavy atom. The quantitative estimate of drug-likeness (QED) is 0.140. The van der Waals surface area contributed by atoms with E-state index < -0.39 is 0 Å². The largest absolute Gasteiger partial charge is 0.450 e. The van der Waals surface area contributed by atoms with Crippen LogP contribution in [0.25, 0.3) is 297 Å². The van der Waals surface area contributed by atoms with E-state index >= 15 is 0 Å². The summed E-state index contributed by atoms with van der Waals surface area (Å²) in [5, 5.41) is 21.2. The maximum Gasteiger partial charge on any atom is 0.231 e. The highest BCUT2D eigenvalue weighted by Crippen LogP contribution is 2.51. The van der Waals surface area contributed by atoms with Crippen molar-refractivity contribution in [3.8, 4) is 74.0 Å². The predicted molar refractivity (Wildman–Crippen MR) is 584 cm³/mol. The molecule has 0 saturated carbocycles. The second-order valence-electron chi connectivity index (χ2n) is 35.3. The molecule has 0 saturated heterocycles. The summed E-state index contributed by atoms with van der Waals surface area (Å²) in [4.78, 5) is 57.0. The van der Waals surface area contributed by atoms with Gasteiger partial charge in [-0.3, -0.25) is 24.1 Å². The molecule has 0 atom stereocenters. The van der Waals surface area contributed by atoms with Gasteiger partial charge in [0.1, 0.15) is 22.3 Å². The molecule has 0 radical (unpaired) electrons. The van der Waals surface area contributed by atoms with Crippen LogP contribution in [0, 0.1) is 0 Å². The van der Waals surface area contributed by atoms with Gasteiger partial charge in [-0.1, -0.05) is 303 Å². The molecule has 0 N–H and O–H groups in total. The van der Waals surface area contributed by atoms with Crippen LogP contribution in [0.4, 0.5) is 0 Å². The van der Waals surface area contributed by atoms with Crippen LogP contribution in [0.2, 0.25) is 0 Å². The molecule has 16 aromatic heterocycles. The minimum absolute atomic E-state index is 0.564. The Labute approximate surface area is 814 Å². The van der Waals surface area contributed by atoms with Crippen molar-refractivity contribution < 1.29 is 8.83 Å². The highest BCUT2D eigenvalue weighted by molar-refractivity contribution is 7.28. The topological polar surface area (TPSA) is 183 Å². The van der Waals surface area contributed by atoms with Crippen molar-refractivity contribution in [3.05, 3.63) is 401 Å². The molecule has 0 spiro atoms. The Morgan fingerprint density at radius 3 is 1.11 bits per heavy atom. The average molecular weight is 1880 g/mol. The Kier molecular flexibility index (Phi) is 17.5. The van der Waals surface area contributed by atoms with Gasteiger partial charge in [0.25, 0.3) is 0 Å². The minimum atomic E-state index is 0.564. The molecule has 0 amide bonds. The van der Waals surface area contributed by atoms with Gasteiger partial charge in [-0.15, -0.1) is 45.3 Å². The van der Waals surface area contributed by atoms with Gasteiger partial charge >= 0.3 is 0 Å². The van der Waals surface area contributed by atoms with Crippen LogP contribution in [0.1, 0.15) is 0 Å². The van der Waals surface area contributed by atoms with E-state index in [0.717, 1.165) is 208 Å². The lowest BCUT2D eigenvalue weighted by atomic mass is 10.0. The molecule has 16 aromatic carbocycles. The van der Waals surface area contributed by atoms with Gasteiger partial charge in [-0.25, -0.2) is 34.9 Å². The molecule has 0 bridgehead atoms. The van der Waals surface area contributed by atoms with E-state index in [0.29, 0.717) is 28.8 Å². The van der Waals surface area contributed by atoms with Gasteiger partial charge in [0.05, 0.1) is 102 Å². The smallest absolute Gasteiger partial charge is 0.231 e. The third-order valence-electron chi connectivity index (χ3n) is 27.5. The number of pyridine rings is 3. The summed E-state index contributed by atoms with van der Waals surface area (Å²) in [5.41, 5.74) is 21.5. The van der Waals surface area contributed by atoms with Gasteiger partial charge < -0.3 is 13.4 Å². The number of rotatable bonds is 8. The molecular formula is C121H66N14O2S4. The van der Waals surface area contributed by atoms with Crippen molar-refractivity contribution in [2.45, 2.75) is 0 Å². The highest BCUT2D eigenvalue weighted by Gasteiger charge is 2.31. The molecule has 20 heteroatoms. The summed E-state index contributed by atoms with van der Waals surface area (Å²) in [6.45, 7) is 0. The zero-order chi connectivity index (χ0) is 92.2. The minimum Gasteiger partial charge on any atom is -0.450 e. The lowest BCUT2D eigenvalue weighted by Gasteiger charge is -2.11. The number of furan rings is 2. The van der Waals surface area contributed by atoms with Crippen LogP contribution in [0.15, 0.2) is 410 Å². The van der Waals surface area contributed by atoms with Crippen LogP contribution >= 0.6 is 45.3 Å². The summed E-state index contributed by atoms with van der Waals surface area (Å²) in [5.74, 6) is 3.52.